The van der Waals surface area contributed by atoms with Crippen molar-refractivity contribution >= 4 is 29.5 Å². The molecule has 0 atom stereocenters. The third-order valence-corrected chi connectivity index (χ3v) is 4.73. The van der Waals surface area contributed by atoms with E-state index in [0.717, 1.165) is 37.1 Å². The number of halogens is 1. The highest BCUT2D eigenvalue weighted by atomic mass is 35.5. The van der Waals surface area contributed by atoms with Gasteiger partial charge in [-0.3, -0.25) is 4.58 Å². The van der Waals surface area contributed by atoms with Crippen LogP contribution in [-0.2, 0) is 0 Å². The van der Waals surface area contributed by atoms with Gasteiger partial charge in [0, 0.05) is 18.1 Å². The van der Waals surface area contributed by atoms with Gasteiger partial charge in [0.25, 0.3) is 0 Å². The largest absolute Gasteiger partial charge is 0.411 e. The minimum absolute atomic E-state index is 0.0552. The van der Waals surface area contributed by atoms with E-state index >= 15 is 0 Å². The van der Waals surface area contributed by atoms with Crippen molar-refractivity contribution < 1.29 is 9.37 Å². The van der Waals surface area contributed by atoms with E-state index in [9.17, 15) is 10.1 Å². The predicted octanol–water partition coefficient (Wildman–Crippen LogP) is 2.82. The second-order valence-electron chi connectivity index (χ2n) is 6.16. The summed E-state index contributed by atoms with van der Waals surface area (Å²) < 4.78 is 2.01. The van der Waals surface area contributed by atoms with Gasteiger partial charge in [0.2, 0.25) is 6.34 Å². The van der Waals surface area contributed by atoms with Crippen LogP contribution in [0.1, 0.15) is 18.4 Å². The summed E-state index contributed by atoms with van der Waals surface area (Å²) >= 11 is 6.04. The molecule has 0 radical (unpaired) electrons. The Bertz CT molecular complexity index is 753. The average molecular weight is 344 g/mol. The lowest BCUT2D eigenvalue weighted by atomic mass is 9.94. The van der Waals surface area contributed by atoms with Crippen LogP contribution in [0.2, 0.25) is 5.02 Å². The molecule has 2 aliphatic heterocycles. The van der Waals surface area contributed by atoms with Crippen LogP contribution >= 0.6 is 11.6 Å². The lowest BCUT2D eigenvalue weighted by Gasteiger charge is -2.28. The molecule has 2 amide bonds. The number of hydrogen-bond donors (Lipinski definition) is 0. The fourth-order valence-electron chi connectivity index (χ4n) is 3.16. The Morgan fingerprint density at radius 2 is 2.04 bits per heavy atom. The molecule has 2 aliphatic rings. The van der Waals surface area contributed by atoms with Crippen LogP contribution in [0.5, 0.6) is 0 Å². The molecule has 124 valence electrons. The second-order valence-corrected chi connectivity index (χ2v) is 6.60. The van der Waals surface area contributed by atoms with E-state index in [-0.39, 0.29) is 6.03 Å². The number of likely N-dealkylation sites (N-methyl/N-ethyl adjacent to an activating group) is 1. The number of likely N-dealkylation sites (tertiary alicyclic amines) is 1. The van der Waals surface area contributed by atoms with Gasteiger partial charge in [0.15, 0.2) is 0 Å². The van der Waals surface area contributed by atoms with Gasteiger partial charge in [0.1, 0.15) is 13.1 Å². The fourth-order valence-corrected chi connectivity index (χ4v) is 3.35. The molecule has 0 saturated carbocycles. The molecule has 1 fully saturated rings. The lowest BCUT2D eigenvalue weighted by molar-refractivity contribution is -0.482. The molecule has 0 unspecified atom stereocenters. The number of urea groups is 1. The van der Waals surface area contributed by atoms with E-state index < -0.39 is 0 Å². The van der Waals surface area contributed by atoms with Crippen LogP contribution in [0, 0.1) is 11.3 Å². The van der Waals surface area contributed by atoms with E-state index in [2.05, 4.69) is 6.07 Å². The maximum atomic E-state index is 12.5. The second kappa shape index (κ2) is 7.06. The maximum absolute atomic E-state index is 12.5. The molecule has 0 N–H and O–H groups in total. The van der Waals surface area contributed by atoms with Gasteiger partial charge in [0.05, 0.1) is 18.7 Å². The quantitative estimate of drug-likeness (QED) is 0.581. The standard InChI is InChI=1S/C18H20ClN4O/c1-21-9-10-23(13-21)18(24)22-7-5-14(6-8-22)17(12-20)15-3-2-4-16(19)11-15/h2-4,11,13H,5-10H2,1H3/q+1. The summed E-state index contributed by atoms with van der Waals surface area (Å²) in [5.74, 6) is 0. The van der Waals surface area contributed by atoms with Crippen molar-refractivity contribution in [2.75, 3.05) is 33.2 Å². The van der Waals surface area contributed by atoms with Crippen molar-refractivity contribution in [2.24, 2.45) is 0 Å². The van der Waals surface area contributed by atoms with E-state index in [1.165, 1.54) is 0 Å². The Kier molecular flexibility index (Phi) is 4.86. The van der Waals surface area contributed by atoms with Crippen LogP contribution in [0.15, 0.2) is 29.8 Å². The smallest absolute Gasteiger partial charge is 0.304 e. The molecule has 1 aromatic rings. The molecule has 1 aromatic carbocycles. The maximum Gasteiger partial charge on any atom is 0.411 e. The summed E-state index contributed by atoms with van der Waals surface area (Å²) in [4.78, 5) is 16.1. The first-order valence-corrected chi connectivity index (χ1v) is 8.45. The molecule has 6 heteroatoms. The first kappa shape index (κ1) is 16.5. The van der Waals surface area contributed by atoms with E-state index in [1.54, 1.807) is 11.0 Å². The van der Waals surface area contributed by atoms with Crippen LogP contribution in [-0.4, -0.2) is 60.0 Å². The summed E-state index contributed by atoms with van der Waals surface area (Å²) in [6, 6.07) is 9.75. The van der Waals surface area contributed by atoms with Gasteiger partial charge < -0.3 is 4.90 Å². The number of carbonyl (C=O) groups excluding carboxylic acids is 1. The Hall–Kier alpha value is -2.32. The Balaban J connectivity index is 1.71. The highest BCUT2D eigenvalue weighted by Gasteiger charge is 2.31. The van der Waals surface area contributed by atoms with Gasteiger partial charge in [-0.2, -0.15) is 10.2 Å². The minimum Gasteiger partial charge on any atom is -0.304 e. The first-order chi connectivity index (χ1) is 11.6. The summed E-state index contributed by atoms with van der Waals surface area (Å²) in [5.41, 5.74) is 2.65. The van der Waals surface area contributed by atoms with Crippen LogP contribution in [0.4, 0.5) is 4.79 Å². The molecule has 5 nitrogen and oxygen atoms in total. The zero-order valence-corrected chi connectivity index (χ0v) is 14.5. The molecule has 0 spiro atoms. The molecule has 2 heterocycles. The van der Waals surface area contributed by atoms with Gasteiger partial charge in [-0.15, -0.1) is 0 Å². The molecular formula is C18H20ClN4O+. The monoisotopic (exact) mass is 343 g/mol. The fraction of sp³-hybridized carbons (Fsp3) is 0.389. The number of carbonyl (C=O) groups is 1. The topological polar surface area (TPSA) is 50.4 Å². The summed E-state index contributed by atoms with van der Waals surface area (Å²) in [6.45, 7) is 2.90. The number of benzene rings is 1. The normalized spacial score (nSPS) is 17.5. The number of allylic oxidation sites excluding steroid dienone is 1. The SMILES string of the molecule is C[N+]1=CN(C(=O)N2CCC(=C(C#N)c3cccc(Cl)c3)CC2)CC1. The summed E-state index contributed by atoms with van der Waals surface area (Å²) in [6.07, 6.45) is 3.32. The van der Waals surface area contributed by atoms with Crippen molar-refractivity contribution in [1.82, 2.24) is 9.80 Å². The molecule has 24 heavy (non-hydrogen) atoms. The molecule has 1 saturated heterocycles. The van der Waals surface area contributed by atoms with E-state index in [4.69, 9.17) is 11.6 Å². The summed E-state index contributed by atoms with van der Waals surface area (Å²) in [7, 11) is 1.97. The zero-order valence-electron chi connectivity index (χ0n) is 13.7. The number of hydrogen-bond acceptors (Lipinski definition) is 2. The first-order valence-electron chi connectivity index (χ1n) is 8.07. The Morgan fingerprint density at radius 3 is 2.62 bits per heavy atom. The number of piperidine rings is 1. The average Bonchev–Trinajstić information content (AvgIpc) is 3.02. The molecular weight excluding hydrogens is 324 g/mol. The van der Waals surface area contributed by atoms with Crippen molar-refractivity contribution in [3.8, 4) is 6.07 Å². The molecule has 3 rings (SSSR count). The number of nitrogens with zero attached hydrogens (tertiary/aromatic N) is 4. The van der Waals surface area contributed by atoms with E-state index in [0.29, 0.717) is 23.7 Å². The molecule has 0 bridgehead atoms. The van der Waals surface area contributed by atoms with Gasteiger partial charge in [-0.05, 0) is 36.1 Å². The van der Waals surface area contributed by atoms with E-state index in [1.807, 2.05) is 41.1 Å². The zero-order chi connectivity index (χ0) is 17.1. The minimum atomic E-state index is 0.0552. The van der Waals surface area contributed by atoms with Gasteiger partial charge in [-0.1, -0.05) is 23.7 Å². The molecule has 0 aromatic heterocycles. The van der Waals surface area contributed by atoms with Crippen molar-refractivity contribution in [1.29, 1.82) is 5.26 Å². The van der Waals surface area contributed by atoms with Crippen LogP contribution in [0.25, 0.3) is 5.57 Å². The third-order valence-electron chi connectivity index (χ3n) is 4.49. The number of nitriles is 1. The molecule has 0 aliphatic carbocycles. The number of amides is 2. The Morgan fingerprint density at radius 1 is 1.29 bits per heavy atom. The van der Waals surface area contributed by atoms with Gasteiger partial charge >= 0.3 is 6.03 Å². The van der Waals surface area contributed by atoms with Gasteiger partial charge in [-0.25, -0.2) is 4.79 Å². The Labute approximate surface area is 147 Å². The number of rotatable bonds is 1. The van der Waals surface area contributed by atoms with Crippen LogP contribution in [0.3, 0.4) is 0 Å². The highest BCUT2D eigenvalue weighted by Crippen LogP contribution is 2.28. The highest BCUT2D eigenvalue weighted by molar-refractivity contribution is 6.30. The summed E-state index contributed by atoms with van der Waals surface area (Å²) in [5, 5.41) is 10.2. The predicted molar refractivity (Wildman–Crippen MR) is 94.0 cm³/mol. The van der Waals surface area contributed by atoms with Crippen LogP contribution < -0.4 is 0 Å². The van der Waals surface area contributed by atoms with Crippen molar-refractivity contribution in [2.45, 2.75) is 12.8 Å². The van der Waals surface area contributed by atoms with Crippen molar-refractivity contribution in [3.05, 3.63) is 40.4 Å². The van der Waals surface area contributed by atoms with Crippen molar-refractivity contribution in [3.63, 3.8) is 0 Å². The lowest BCUT2D eigenvalue weighted by Crippen LogP contribution is -2.44. The third kappa shape index (κ3) is 3.44.